The lowest BCUT2D eigenvalue weighted by Gasteiger charge is -2.19. The van der Waals surface area contributed by atoms with Crippen LogP contribution in [0.5, 0.6) is 11.5 Å². The summed E-state index contributed by atoms with van der Waals surface area (Å²) in [6, 6.07) is 5.94. The highest BCUT2D eigenvalue weighted by Crippen LogP contribution is 2.33. The molecule has 0 aliphatic heterocycles. The second kappa shape index (κ2) is 5.78. The van der Waals surface area contributed by atoms with Gasteiger partial charge in [-0.1, -0.05) is 12.1 Å². The number of rotatable bonds is 5. The van der Waals surface area contributed by atoms with Crippen molar-refractivity contribution in [2.45, 2.75) is 46.3 Å². The summed E-state index contributed by atoms with van der Waals surface area (Å²) in [7, 11) is 0. The summed E-state index contributed by atoms with van der Waals surface area (Å²) < 4.78 is 11.5. The Balaban J connectivity index is 3.04. The zero-order valence-corrected chi connectivity index (χ0v) is 10.6. The Morgan fingerprint density at radius 2 is 1.69 bits per heavy atom. The molecule has 1 rings (SSSR count). The Kier molecular flexibility index (Phi) is 4.66. The lowest BCUT2D eigenvalue weighted by molar-refractivity contribution is 0.197. The summed E-state index contributed by atoms with van der Waals surface area (Å²) >= 11 is 0. The van der Waals surface area contributed by atoms with Gasteiger partial charge in [-0.2, -0.15) is 0 Å². The molecule has 0 aromatic heterocycles. The zero-order valence-electron chi connectivity index (χ0n) is 10.6. The third-order valence-corrected chi connectivity index (χ3v) is 2.05. The number of hydrogen-bond acceptors (Lipinski definition) is 2. The summed E-state index contributed by atoms with van der Waals surface area (Å²) in [4.78, 5) is 0. The third-order valence-electron chi connectivity index (χ3n) is 2.05. The van der Waals surface area contributed by atoms with Gasteiger partial charge in [0, 0.05) is 0 Å². The second-order valence-corrected chi connectivity index (χ2v) is 4.33. The van der Waals surface area contributed by atoms with E-state index >= 15 is 0 Å². The molecule has 0 spiro atoms. The molecule has 0 aliphatic rings. The van der Waals surface area contributed by atoms with E-state index in [1.54, 1.807) is 0 Å². The fraction of sp³-hybridized carbons (Fsp3) is 0.500. The van der Waals surface area contributed by atoms with Gasteiger partial charge in [0.2, 0.25) is 0 Å². The summed E-state index contributed by atoms with van der Waals surface area (Å²) in [5.41, 5.74) is 1.09. The molecule has 1 aromatic rings. The fourth-order valence-corrected chi connectivity index (χ4v) is 1.47. The minimum Gasteiger partial charge on any atom is -0.487 e. The molecule has 0 saturated carbocycles. The maximum absolute atomic E-state index is 5.80. The van der Waals surface area contributed by atoms with Crippen LogP contribution in [0.25, 0.3) is 0 Å². The molecular formula is C14H21O2. The molecule has 2 nitrogen and oxygen atoms in total. The van der Waals surface area contributed by atoms with Crippen molar-refractivity contribution in [3.8, 4) is 11.5 Å². The van der Waals surface area contributed by atoms with E-state index in [4.69, 9.17) is 9.47 Å². The van der Waals surface area contributed by atoms with Gasteiger partial charge in [0.05, 0.1) is 12.2 Å². The monoisotopic (exact) mass is 221 g/mol. The minimum atomic E-state index is 0.141. The Bertz CT molecular complexity index is 330. The summed E-state index contributed by atoms with van der Waals surface area (Å²) in [6.07, 6.45) is 0.994. The molecule has 0 N–H and O–H groups in total. The number of hydrogen-bond donors (Lipinski definition) is 0. The molecule has 16 heavy (non-hydrogen) atoms. The molecule has 0 heterocycles. The Morgan fingerprint density at radius 1 is 1.06 bits per heavy atom. The number of benzene rings is 1. The van der Waals surface area contributed by atoms with E-state index < -0.39 is 0 Å². The van der Waals surface area contributed by atoms with E-state index in [1.807, 2.05) is 45.9 Å². The van der Waals surface area contributed by atoms with Crippen LogP contribution in [-0.4, -0.2) is 12.2 Å². The highest BCUT2D eigenvalue weighted by Gasteiger charge is 2.12. The zero-order chi connectivity index (χ0) is 12.1. The smallest absolute Gasteiger partial charge is 0.164 e. The standard InChI is InChI=1S/C14H21O2/c1-6-12-8-7-9-13(15-10(2)3)14(12)16-11(4)5/h7-11H,1,6H2,2-5H3. The molecule has 0 unspecified atom stereocenters. The number of para-hydroxylation sites is 1. The lowest BCUT2D eigenvalue weighted by Crippen LogP contribution is -2.12. The van der Waals surface area contributed by atoms with Gasteiger partial charge in [-0.3, -0.25) is 0 Å². The predicted octanol–water partition coefficient (Wildman–Crippen LogP) is 3.64. The first-order chi connectivity index (χ1) is 7.54. The van der Waals surface area contributed by atoms with Gasteiger partial charge >= 0.3 is 0 Å². The van der Waals surface area contributed by atoms with Crippen molar-refractivity contribution in [1.82, 2.24) is 0 Å². The van der Waals surface area contributed by atoms with E-state index in [-0.39, 0.29) is 12.2 Å². The van der Waals surface area contributed by atoms with E-state index in [0.29, 0.717) is 6.42 Å². The van der Waals surface area contributed by atoms with E-state index in [0.717, 1.165) is 17.1 Å². The molecule has 2 heteroatoms. The van der Waals surface area contributed by atoms with Crippen molar-refractivity contribution in [2.24, 2.45) is 0 Å². The molecule has 1 radical (unpaired) electrons. The van der Waals surface area contributed by atoms with Crippen LogP contribution in [0.15, 0.2) is 18.2 Å². The van der Waals surface area contributed by atoms with Crippen LogP contribution in [0.1, 0.15) is 33.3 Å². The van der Waals surface area contributed by atoms with Gasteiger partial charge < -0.3 is 9.47 Å². The molecule has 0 atom stereocenters. The predicted molar refractivity (Wildman–Crippen MR) is 67.0 cm³/mol. The maximum Gasteiger partial charge on any atom is 0.164 e. The third kappa shape index (κ3) is 3.44. The first-order valence-corrected chi connectivity index (χ1v) is 5.79. The van der Waals surface area contributed by atoms with Crippen LogP contribution in [0, 0.1) is 6.92 Å². The normalized spacial score (nSPS) is 10.9. The van der Waals surface area contributed by atoms with E-state index in [2.05, 4.69) is 6.92 Å². The van der Waals surface area contributed by atoms with Crippen LogP contribution in [0.2, 0.25) is 0 Å². The van der Waals surface area contributed by atoms with Crippen molar-refractivity contribution in [2.75, 3.05) is 0 Å². The molecule has 89 valence electrons. The van der Waals surface area contributed by atoms with Crippen molar-refractivity contribution < 1.29 is 9.47 Å². The average molecular weight is 221 g/mol. The summed E-state index contributed by atoms with van der Waals surface area (Å²) in [5.74, 6) is 1.64. The SMILES string of the molecule is [CH2]Cc1cccc(OC(C)C)c1OC(C)C. The topological polar surface area (TPSA) is 18.5 Å². The molecule has 1 aromatic carbocycles. The van der Waals surface area contributed by atoms with Gasteiger partial charge in [0.1, 0.15) is 0 Å². The van der Waals surface area contributed by atoms with Crippen molar-refractivity contribution in [1.29, 1.82) is 0 Å². The Hall–Kier alpha value is -1.18. The van der Waals surface area contributed by atoms with Crippen LogP contribution >= 0.6 is 0 Å². The van der Waals surface area contributed by atoms with E-state index in [1.165, 1.54) is 0 Å². The first kappa shape index (κ1) is 12.9. The largest absolute Gasteiger partial charge is 0.487 e. The van der Waals surface area contributed by atoms with Crippen LogP contribution in [0.3, 0.4) is 0 Å². The quantitative estimate of drug-likeness (QED) is 0.755. The Morgan fingerprint density at radius 3 is 2.19 bits per heavy atom. The number of ether oxygens (including phenoxy) is 2. The Labute approximate surface area is 98.6 Å². The van der Waals surface area contributed by atoms with Crippen LogP contribution in [0.4, 0.5) is 0 Å². The minimum absolute atomic E-state index is 0.141. The van der Waals surface area contributed by atoms with Crippen LogP contribution in [-0.2, 0) is 6.42 Å². The summed E-state index contributed by atoms with van der Waals surface area (Å²) in [6.45, 7) is 12.0. The van der Waals surface area contributed by atoms with Gasteiger partial charge in [-0.15, -0.1) is 0 Å². The fourth-order valence-electron chi connectivity index (χ4n) is 1.47. The van der Waals surface area contributed by atoms with Gasteiger partial charge in [-0.05, 0) is 52.7 Å². The molecule has 0 saturated heterocycles. The molecule has 0 amide bonds. The van der Waals surface area contributed by atoms with E-state index in [9.17, 15) is 0 Å². The van der Waals surface area contributed by atoms with Gasteiger partial charge in [-0.25, -0.2) is 0 Å². The lowest BCUT2D eigenvalue weighted by atomic mass is 10.1. The van der Waals surface area contributed by atoms with Crippen molar-refractivity contribution in [3.05, 3.63) is 30.7 Å². The molecule has 0 fully saturated rings. The van der Waals surface area contributed by atoms with Gasteiger partial charge in [0.25, 0.3) is 0 Å². The summed E-state index contributed by atoms with van der Waals surface area (Å²) in [5, 5.41) is 0. The highest BCUT2D eigenvalue weighted by atomic mass is 16.5. The molecular weight excluding hydrogens is 200 g/mol. The van der Waals surface area contributed by atoms with Gasteiger partial charge in [0.15, 0.2) is 11.5 Å². The molecule has 0 bridgehead atoms. The first-order valence-electron chi connectivity index (χ1n) is 5.79. The van der Waals surface area contributed by atoms with Crippen LogP contribution < -0.4 is 9.47 Å². The van der Waals surface area contributed by atoms with Crippen molar-refractivity contribution in [3.63, 3.8) is 0 Å². The second-order valence-electron chi connectivity index (χ2n) is 4.33. The average Bonchev–Trinajstić information content (AvgIpc) is 2.19. The molecule has 0 aliphatic carbocycles. The van der Waals surface area contributed by atoms with Crippen molar-refractivity contribution >= 4 is 0 Å². The highest BCUT2D eigenvalue weighted by molar-refractivity contribution is 5.47. The maximum atomic E-state index is 5.80.